The summed E-state index contributed by atoms with van der Waals surface area (Å²) in [5, 5.41) is 4.38. The lowest BCUT2D eigenvalue weighted by molar-refractivity contribution is -0.122. The van der Waals surface area contributed by atoms with Crippen molar-refractivity contribution in [2.75, 3.05) is 0 Å². The Morgan fingerprint density at radius 3 is 2.63 bits per heavy atom. The van der Waals surface area contributed by atoms with Crippen molar-refractivity contribution in [1.29, 1.82) is 0 Å². The monoisotopic (exact) mass is 280 g/mol. The van der Waals surface area contributed by atoms with E-state index < -0.39 is 0 Å². The van der Waals surface area contributed by atoms with Gasteiger partial charge in [0.05, 0.1) is 0 Å². The third kappa shape index (κ3) is 3.95. The molecule has 1 saturated carbocycles. The second kappa shape index (κ2) is 6.40. The van der Waals surface area contributed by atoms with E-state index in [1.165, 1.54) is 5.56 Å². The van der Waals surface area contributed by atoms with Gasteiger partial charge in [-0.1, -0.05) is 23.7 Å². The van der Waals surface area contributed by atoms with Crippen LogP contribution in [0.25, 0.3) is 0 Å². The van der Waals surface area contributed by atoms with Gasteiger partial charge in [-0.25, -0.2) is 0 Å². The molecule has 0 heterocycles. The van der Waals surface area contributed by atoms with Gasteiger partial charge in [-0.2, -0.15) is 0 Å². The number of benzene rings is 1. The number of hydrogen-bond acceptors (Lipinski definition) is 2. The van der Waals surface area contributed by atoms with Crippen LogP contribution >= 0.6 is 11.6 Å². The molecule has 4 heteroatoms. The van der Waals surface area contributed by atoms with Crippen molar-refractivity contribution in [2.24, 2.45) is 11.7 Å². The van der Waals surface area contributed by atoms with Crippen LogP contribution < -0.4 is 11.1 Å². The van der Waals surface area contributed by atoms with Crippen LogP contribution in [0.2, 0.25) is 5.02 Å². The fourth-order valence-corrected chi connectivity index (χ4v) is 2.97. The van der Waals surface area contributed by atoms with Crippen LogP contribution in [0.3, 0.4) is 0 Å². The standard InChI is InChI=1S/C15H21ClN2O/c1-10(12-3-2-4-13(16)9-12)18-14-7-5-11(6-8-14)15(17)19/h2-4,9-11,14,18H,5-8H2,1H3,(H2,17,19). The van der Waals surface area contributed by atoms with Crippen LogP contribution in [-0.2, 0) is 4.79 Å². The maximum absolute atomic E-state index is 11.1. The Bertz CT molecular complexity index is 442. The Hall–Kier alpha value is -1.06. The molecule has 1 atom stereocenters. The molecule has 3 N–H and O–H groups in total. The highest BCUT2D eigenvalue weighted by Gasteiger charge is 2.25. The predicted molar refractivity (Wildman–Crippen MR) is 77.9 cm³/mol. The molecule has 1 aliphatic carbocycles. The van der Waals surface area contributed by atoms with Gasteiger partial charge >= 0.3 is 0 Å². The van der Waals surface area contributed by atoms with Gasteiger partial charge in [-0.3, -0.25) is 4.79 Å². The van der Waals surface area contributed by atoms with Crippen LogP contribution in [-0.4, -0.2) is 11.9 Å². The van der Waals surface area contributed by atoms with Crippen LogP contribution in [0.1, 0.15) is 44.2 Å². The minimum atomic E-state index is -0.152. The zero-order valence-corrected chi connectivity index (χ0v) is 12.0. The molecule has 0 aliphatic heterocycles. The molecule has 0 saturated heterocycles. The Labute approximate surface area is 119 Å². The summed E-state index contributed by atoms with van der Waals surface area (Å²) < 4.78 is 0. The Balaban J connectivity index is 1.87. The Morgan fingerprint density at radius 2 is 2.05 bits per heavy atom. The van der Waals surface area contributed by atoms with Crippen molar-refractivity contribution < 1.29 is 4.79 Å². The minimum absolute atomic E-state index is 0.0690. The summed E-state index contributed by atoms with van der Waals surface area (Å²) in [7, 11) is 0. The molecule has 1 unspecified atom stereocenters. The van der Waals surface area contributed by atoms with Crippen LogP contribution in [0.4, 0.5) is 0 Å². The molecule has 1 aliphatic rings. The molecule has 0 radical (unpaired) electrons. The molecule has 1 aromatic carbocycles. The van der Waals surface area contributed by atoms with Crippen molar-refractivity contribution in [2.45, 2.75) is 44.7 Å². The third-order valence-corrected chi connectivity index (χ3v) is 4.20. The smallest absolute Gasteiger partial charge is 0.220 e. The molecule has 1 fully saturated rings. The summed E-state index contributed by atoms with van der Waals surface area (Å²) in [6.07, 6.45) is 3.82. The third-order valence-electron chi connectivity index (χ3n) is 3.96. The first-order chi connectivity index (χ1) is 9.06. The highest BCUT2D eigenvalue weighted by Crippen LogP contribution is 2.26. The number of nitrogens with one attached hydrogen (secondary N) is 1. The van der Waals surface area contributed by atoms with Gasteiger partial charge in [0.25, 0.3) is 0 Å². The molecule has 3 nitrogen and oxygen atoms in total. The number of hydrogen-bond donors (Lipinski definition) is 2. The lowest BCUT2D eigenvalue weighted by Gasteiger charge is -2.30. The molecule has 2 rings (SSSR count). The van der Waals surface area contributed by atoms with Crippen molar-refractivity contribution in [3.05, 3.63) is 34.9 Å². The van der Waals surface area contributed by atoms with E-state index in [2.05, 4.69) is 18.3 Å². The predicted octanol–water partition coefficient (Wildman–Crippen LogP) is 3.03. The molecular weight excluding hydrogens is 260 g/mol. The van der Waals surface area contributed by atoms with Crippen LogP contribution in [0.15, 0.2) is 24.3 Å². The average Bonchev–Trinajstić information content (AvgIpc) is 2.39. The lowest BCUT2D eigenvalue weighted by Crippen LogP contribution is -2.37. The maximum Gasteiger partial charge on any atom is 0.220 e. The molecule has 0 aromatic heterocycles. The summed E-state index contributed by atoms with van der Waals surface area (Å²) in [6.45, 7) is 2.14. The molecular formula is C15H21ClN2O. The highest BCUT2D eigenvalue weighted by atomic mass is 35.5. The van der Waals surface area contributed by atoms with E-state index in [0.29, 0.717) is 6.04 Å². The lowest BCUT2D eigenvalue weighted by atomic mass is 9.85. The molecule has 19 heavy (non-hydrogen) atoms. The quantitative estimate of drug-likeness (QED) is 0.891. The summed E-state index contributed by atoms with van der Waals surface area (Å²) in [6, 6.07) is 8.67. The van der Waals surface area contributed by atoms with Crippen molar-refractivity contribution >= 4 is 17.5 Å². The van der Waals surface area contributed by atoms with E-state index in [9.17, 15) is 4.79 Å². The van der Waals surface area contributed by atoms with Gasteiger partial charge in [0, 0.05) is 23.0 Å². The second-order valence-electron chi connectivity index (χ2n) is 5.39. The second-order valence-corrected chi connectivity index (χ2v) is 5.83. The van der Waals surface area contributed by atoms with Gasteiger partial charge < -0.3 is 11.1 Å². The zero-order valence-electron chi connectivity index (χ0n) is 11.2. The van der Waals surface area contributed by atoms with Crippen LogP contribution in [0.5, 0.6) is 0 Å². The van der Waals surface area contributed by atoms with Crippen molar-refractivity contribution in [3.63, 3.8) is 0 Å². The number of carbonyl (C=O) groups excluding carboxylic acids is 1. The van der Waals surface area contributed by atoms with E-state index >= 15 is 0 Å². The van der Waals surface area contributed by atoms with Crippen molar-refractivity contribution in [3.8, 4) is 0 Å². The number of halogens is 1. The fourth-order valence-electron chi connectivity index (χ4n) is 2.77. The first-order valence-corrected chi connectivity index (χ1v) is 7.25. The number of rotatable bonds is 4. The van der Waals surface area contributed by atoms with E-state index in [1.807, 2.05) is 18.2 Å². The molecule has 0 bridgehead atoms. The molecule has 1 amide bonds. The van der Waals surface area contributed by atoms with E-state index in [4.69, 9.17) is 17.3 Å². The Morgan fingerprint density at radius 1 is 1.37 bits per heavy atom. The topological polar surface area (TPSA) is 55.1 Å². The molecule has 1 aromatic rings. The SMILES string of the molecule is CC(NC1CCC(C(N)=O)CC1)c1cccc(Cl)c1. The van der Waals surface area contributed by atoms with Crippen molar-refractivity contribution in [1.82, 2.24) is 5.32 Å². The number of amides is 1. The first kappa shape index (κ1) is 14.4. The van der Waals surface area contributed by atoms with Gasteiger partial charge in [0.2, 0.25) is 5.91 Å². The zero-order chi connectivity index (χ0) is 13.8. The summed E-state index contributed by atoms with van der Waals surface area (Å²) in [5.74, 6) is -0.0825. The van der Waals surface area contributed by atoms with E-state index in [1.54, 1.807) is 0 Å². The minimum Gasteiger partial charge on any atom is -0.369 e. The fraction of sp³-hybridized carbons (Fsp3) is 0.533. The van der Waals surface area contributed by atoms with E-state index in [0.717, 1.165) is 30.7 Å². The summed E-state index contributed by atoms with van der Waals surface area (Å²) >= 11 is 6.01. The Kier molecular flexibility index (Phi) is 4.83. The number of nitrogens with two attached hydrogens (primary N) is 1. The number of carbonyl (C=O) groups is 1. The summed E-state index contributed by atoms with van der Waals surface area (Å²) in [4.78, 5) is 11.1. The van der Waals surface area contributed by atoms with Crippen LogP contribution in [0, 0.1) is 5.92 Å². The van der Waals surface area contributed by atoms with Gasteiger partial charge in [-0.05, 0) is 50.3 Å². The largest absolute Gasteiger partial charge is 0.369 e. The molecule has 0 spiro atoms. The first-order valence-electron chi connectivity index (χ1n) is 6.87. The van der Waals surface area contributed by atoms with Gasteiger partial charge in [0.1, 0.15) is 0 Å². The maximum atomic E-state index is 11.1. The molecule has 104 valence electrons. The normalized spacial score (nSPS) is 24.9. The van der Waals surface area contributed by atoms with Gasteiger partial charge in [0.15, 0.2) is 0 Å². The summed E-state index contributed by atoms with van der Waals surface area (Å²) in [5.41, 5.74) is 6.55. The number of primary amides is 1. The van der Waals surface area contributed by atoms with E-state index in [-0.39, 0.29) is 17.9 Å². The highest BCUT2D eigenvalue weighted by molar-refractivity contribution is 6.30. The average molecular weight is 281 g/mol. The van der Waals surface area contributed by atoms with Gasteiger partial charge in [-0.15, -0.1) is 0 Å².